The first kappa shape index (κ1) is 15.6. The molecule has 1 N–H and O–H groups in total. The smallest absolute Gasteiger partial charge is 0.239 e. The average Bonchev–Trinajstić information content (AvgIpc) is 3.09. The van der Waals surface area contributed by atoms with E-state index in [1.807, 2.05) is 48.7 Å². The van der Waals surface area contributed by atoms with Crippen molar-refractivity contribution in [3.05, 3.63) is 54.3 Å². The average molecular weight is 342 g/mol. The van der Waals surface area contributed by atoms with Crippen LogP contribution in [0.1, 0.15) is 6.92 Å². The number of thioether (sulfide) groups is 1. The fourth-order valence-corrected chi connectivity index (χ4v) is 3.25. The lowest BCUT2D eigenvalue weighted by molar-refractivity contribution is -0.115. The number of rotatable bonds is 5. The van der Waals surface area contributed by atoms with Gasteiger partial charge in [0.1, 0.15) is 11.4 Å². The van der Waals surface area contributed by atoms with Crippen LogP contribution in [0, 0.1) is 0 Å². The third-order valence-electron chi connectivity index (χ3n) is 3.04. The first-order valence-corrected chi connectivity index (χ1v) is 8.73. The van der Waals surface area contributed by atoms with Gasteiger partial charge in [-0.2, -0.15) is 0 Å². The van der Waals surface area contributed by atoms with E-state index in [1.54, 1.807) is 6.20 Å². The Balaban J connectivity index is 1.69. The molecule has 1 amide bonds. The van der Waals surface area contributed by atoms with Crippen LogP contribution in [0.15, 0.2) is 59.3 Å². The Bertz CT molecular complexity index is 778. The maximum absolute atomic E-state index is 12.2. The van der Waals surface area contributed by atoms with Gasteiger partial charge in [-0.3, -0.25) is 4.79 Å². The van der Waals surface area contributed by atoms with Gasteiger partial charge in [-0.1, -0.05) is 42.1 Å². The molecule has 0 saturated carbocycles. The van der Waals surface area contributed by atoms with Gasteiger partial charge in [0.15, 0.2) is 5.13 Å². The van der Waals surface area contributed by atoms with E-state index in [1.165, 1.54) is 29.4 Å². The summed E-state index contributed by atoms with van der Waals surface area (Å²) in [5, 5.41) is 5.71. The zero-order valence-corrected chi connectivity index (χ0v) is 14.0. The number of anilines is 1. The van der Waals surface area contributed by atoms with Crippen molar-refractivity contribution in [2.24, 2.45) is 0 Å². The number of carbonyl (C=O) groups excluding carboxylic acids is 1. The number of hydrogen-bond donors (Lipinski definition) is 1. The van der Waals surface area contributed by atoms with E-state index in [-0.39, 0.29) is 11.2 Å². The third kappa shape index (κ3) is 4.14. The zero-order valence-electron chi connectivity index (χ0n) is 12.3. The normalized spacial score (nSPS) is 11.9. The molecule has 23 heavy (non-hydrogen) atoms. The lowest BCUT2D eigenvalue weighted by Crippen LogP contribution is -2.22. The van der Waals surface area contributed by atoms with E-state index in [0.717, 1.165) is 16.3 Å². The molecule has 7 heteroatoms. The topological polar surface area (TPSA) is 67.8 Å². The maximum atomic E-state index is 12.2. The highest BCUT2D eigenvalue weighted by Gasteiger charge is 2.16. The number of hydrogen-bond acceptors (Lipinski definition) is 6. The van der Waals surface area contributed by atoms with Crippen molar-refractivity contribution >= 4 is 34.1 Å². The molecule has 3 rings (SSSR count). The summed E-state index contributed by atoms with van der Waals surface area (Å²) in [5.41, 5.74) is 1.87. The molecule has 0 radical (unpaired) electrons. The summed E-state index contributed by atoms with van der Waals surface area (Å²) in [4.78, 5) is 24.7. The fourth-order valence-electron chi connectivity index (χ4n) is 1.90. The van der Waals surface area contributed by atoms with Gasteiger partial charge in [0.05, 0.1) is 10.9 Å². The molecule has 1 aromatic carbocycles. The van der Waals surface area contributed by atoms with Gasteiger partial charge in [0.2, 0.25) is 5.91 Å². The Morgan fingerprint density at radius 1 is 1.22 bits per heavy atom. The molecule has 116 valence electrons. The zero-order chi connectivity index (χ0) is 16.1. The summed E-state index contributed by atoms with van der Waals surface area (Å²) in [6.07, 6.45) is 3.19. The lowest BCUT2D eigenvalue weighted by Gasteiger charge is -2.10. The maximum Gasteiger partial charge on any atom is 0.239 e. The Kier molecular flexibility index (Phi) is 4.99. The quantitative estimate of drug-likeness (QED) is 0.565. The van der Waals surface area contributed by atoms with E-state index in [9.17, 15) is 4.79 Å². The van der Waals surface area contributed by atoms with Crippen LogP contribution in [0.3, 0.4) is 0 Å². The molecular weight excluding hydrogens is 328 g/mol. The van der Waals surface area contributed by atoms with Crippen LogP contribution < -0.4 is 5.32 Å². The molecule has 0 bridgehead atoms. The van der Waals surface area contributed by atoms with Gasteiger partial charge >= 0.3 is 0 Å². The van der Waals surface area contributed by atoms with E-state index in [0.29, 0.717) is 5.13 Å². The molecule has 0 unspecified atom stereocenters. The summed E-state index contributed by atoms with van der Waals surface area (Å²) in [6.45, 7) is 1.85. The Morgan fingerprint density at radius 3 is 2.78 bits per heavy atom. The molecule has 5 nitrogen and oxygen atoms in total. The number of carbonyl (C=O) groups is 1. The highest BCUT2D eigenvalue weighted by molar-refractivity contribution is 8.00. The molecular formula is C16H14N4OS2. The number of aromatic nitrogens is 3. The summed E-state index contributed by atoms with van der Waals surface area (Å²) in [6, 6.07) is 11.8. The molecule has 0 spiro atoms. The first-order chi connectivity index (χ1) is 11.2. The standard InChI is InChI=1S/C16H14N4OS2/c1-11(15(21)20-16-17-7-8-22-16)23-14-9-13(18-10-19-14)12-5-3-2-4-6-12/h2-11H,1H3,(H,17,20,21)/t11-/m1/s1. The second kappa shape index (κ2) is 7.34. The van der Waals surface area contributed by atoms with E-state index in [4.69, 9.17) is 0 Å². The number of nitrogens with zero attached hydrogens (tertiary/aromatic N) is 3. The number of amides is 1. The second-order valence-corrected chi connectivity index (χ2v) is 6.95. The minimum atomic E-state index is -0.280. The lowest BCUT2D eigenvalue weighted by atomic mass is 10.1. The van der Waals surface area contributed by atoms with Gasteiger partial charge in [-0.05, 0) is 13.0 Å². The van der Waals surface area contributed by atoms with Crippen LogP contribution >= 0.6 is 23.1 Å². The van der Waals surface area contributed by atoms with Crippen LogP contribution in [0.4, 0.5) is 5.13 Å². The molecule has 0 saturated heterocycles. The predicted molar refractivity (Wildman–Crippen MR) is 93.5 cm³/mol. The van der Waals surface area contributed by atoms with Crippen LogP contribution in [-0.2, 0) is 4.79 Å². The summed E-state index contributed by atoms with van der Waals surface area (Å²) in [7, 11) is 0. The van der Waals surface area contributed by atoms with Crippen molar-refractivity contribution in [2.45, 2.75) is 17.2 Å². The summed E-state index contributed by atoms with van der Waals surface area (Å²) >= 11 is 2.79. The van der Waals surface area contributed by atoms with Crippen LogP contribution in [0.25, 0.3) is 11.3 Å². The van der Waals surface area contributed by atoms with Crippen LogP contribution in [-0.4, -0.2) is 26.1 Å². The minimum absolute atomic E-state index is 0.0928. The highest BCUT2D eigenvalue weighted by atomic mass is 32.2. The predicted octanol–water partition coefficient (Wildman–Crippen LogP) is 3.72. The third-order valence-corrected chi connectivity index (χ3v) is 4.76. The Labute approximate surface area is 142 Å². The number of benzene rings is 1. The Morgan fingerprint density at radius 2 is 2.04 bits per heavy atom. The minimum Gasteiger partial charge on any atom is -0.301 e. The molecule has 2 aromatic heterocycles. The summed E-state index contributed by atoms with van der Waals surface area (Å²) in [5.74, 6) is -0.0928. The molecule has 0 aliphatic carbocycles. The summed E-state index contributed by atoms with van der Waals surface area (Å²) < 4.78 is 0. The number of nitrogens with one attached hydrogen (secondary N) is 1. The van der Waals surface area contributed by atoms with E-state index < -0.39 is 0 Å². The van der Waals surface area contributed by atoms with Gasteiger partial charge in [-0.25, -0.2) is 15.0 Å². The molecule has 0 fully saturated rings. The fraction of sp³-hybridized carbons (Fsp3) is 0.125. The largest absolute Gasteiger partial charge is 0.301 e. The van der Waals surface area contributed by atoms with E-state index in [2.05, 4.69) is 20.3 Å². The van der Waals surface area contributed by atoms with Crippen molar-refractivity contribution in [3.63, 3.8) is 0 Å². The highest BCUT2D eigenvalue weighted by Crippen LogP contribution is 2.25. The van der Waals surface area contributed by atoms with Gasteiger partial charge in [-0.15, -0.1) is 11.3 Å². The second-order valence-electron chi connectivity index (χ2n) is 4.69. The van der Waals surface area contributed by atoms with Crippen molar-refractivity contribution in [1.29, 1.82) is 0 Å². The SMILES string of the molecule is C[C@@H](Sc1cc(-c2ccccc2)ncn1)C(=O)Nc1nccs1. The van der Waals surface area contributed by atoms with Crippen molar-refractivity contribution in [1.82, 2.24) is 15.0 Å². The van der Waals surface area contributed by atoms with Crippen LogP contribution in [0.2, 0.25) is 0 Å². The van der Waals surface area contributed by atoms with Gasteiger partial charge in [0, 0.05) is 17.1 Å². The van der Waals surface area contributed by atoms with E-state index >= 15 is 0 Å². The van der Waals surface area contributed by atoms with Gasteiger partial charge in [0.25, 0.3) is 0 Å². The van der Waals surface area contributed by atoms with Crippen molar-refractivity contribution < 1.29 is 4.79 Å². The van der Waals surface area contributed by atoms with Crippen molar-refractivity contribution in [3.8, 4) is 11.3 Å². The monoisotopic (exact) mass is 342 g/mol. The van der Waals surface area contributed by atoms with Crippen LogP contribution in [0.5, 0.6) is 0 Å². The molecule has 0 aliphatic rings. The molecule has 2 heterocycles. The molecule has 1 atom stereocenters. The number of thiazole rings is 1. The molecule has 0 aliphatic heterocycles. The molecule has 3 aromatic rings. The van der Waals surface area contributed by atoms with Crippen molar-refractivity contribution in [2.75, 3.05) is 5.32 Å². The Hall–Kier alpha value is -2.25. The van der Waals surface area contributed by atoms with Gasteiger partial charge < -0.3 is 5.32 Å². The first-order valence-electron chi connectivity index (χ1n) is 6.97.